The molecule has 0 saturated carbocycles. The number of carbonyl (C=O) groups is 3. The molecule has 0 aliphatic carbocycles. The fourth-order valence-electron chi connectivity index (χ4n) is 0.475. The number of rotatable bonds is 3. The second-order valence-electron chi connectivity index (χ2n) is 2.02. The first-order chi connectivity index (χ1) is 5.43. The molecule has 12 heavy (non-hydrogen) atoms. The van der Waals surface area contributed by atoms with Gasteiger partial charge < -0.3 is 21.9 Å². The Morgan fingerprint density at radius 3 is 2.08 bits per heavy atom. The number of primary amides is 2. The summed E-state index contributed by atoms with van der Waals surface area (Å²) >= 11 is 0. The van der Waals surface area contributed by atoms with Crippen LogP contribution >= 0.6 is 0 Å². The molecule has 7 heteroatoms. The zero-order valence-electron chi connectivity index (χ0n) is 6.15. The van der Waals surface area contributed by atoms with Crippen LogP contribution in [0.4, 0.5) is 4.79 Å². The predicted octanol–water partition coefficient (Wildman–Crippen LogP) is -2.19. The number of amides is 2. The fraction of sp³-hybridized carbons (Fsp3) is 0.400. The normalized spacial score (nSPS) is 11.8. The maximum atomic E-state index is 10.6. The zero-order valence-corrected chi connectivity index (χ0v) is 6.15. The maximum Gasteiger partial charge on any atom is 0.412 e. The van der Waals surface area contributed by atoms with Gasteiger partial charge >= 0.3 is 12.1 Å². The minimum atomic E-state index is -1.26. The van der Waals surface area contributed by atoms with Crippen molar-refractivity contribution in [2.45, 2.75) is 12.5 Å². The molecule has 0 aliphatic rings. The van der Waals surface area contributed by atoms with Gasteiger partial charge in [-0.15, -0.1) is 0 Å². The number of ether oxygens (including phenoxy) is 1. The Balaban J connectivity index is 3.93. The van der Waals surface area contributed by atoms with E-state index in [1.807, 2.05) is 0 Å². The van der Waals surface area contributed by atoms with E-state index >= 15 is 0 Å². The number of nitrogens with two attached hydrogens (primary N) is 3. The van der Waals surface area contributed by atoms with Crippen LogP contribution in [0.5, 0.6) is 0 Å². The van der Waals surface area contributed by atoms with E-state index < -0.39 is 24.0 Å². The predicted molar refractivity (Wildman–Crippen MR) is 37.5 cm³/mol. The van der Waals surface area contributed by atoms with E-state index in [2.05, 4.69) is 10.5 Å². The van der Waals surface area contributed by atoms with E-state index in [4.69, 9.17) is 11.5 Å². The lowest BCUT2D eigenvalue weighted by Crippen LogP contribution is -2.38. The maximum absolute atomic E-state index is 10.6. The average Bonchev–Trinajstić information content (AvgIpc) is 1.84. The van der Waals surface area contributed by atoms with Gasteiger partial charge in [0.05, 0.1) is 6.42 Å². The highest BCUT2D eigenvalue weighted by atomic mass is 16.6. The van der Waals surface area contributed by atoms with Gasteiger partial charge in [0.1, 0.15) is 6.04 Å². The van der Waals surface area contributed by atoms with Crippen molar-refractivity contribution in [3.8, 4) is 0 Å². The first-order valence-corrected chi connectivity index (χ1v) is 2.98. The zero-order chi connectivity index (χ0) is 9.72. The summed E-state index contributed by atoms with van der Waals surface area (Å²) in [6.45, 7) is 0. The van der Waals surface area contributed by atoms with Crippen LogP contribution in [-0.4, -0.2) is 24.0 Å². The molecular weight excluding hydrogens is 166 g/mol. The minimum Gasteiger partial charge on any atom is -0.375 e. The van der Waals surface area contributed by atoms with Gasteiger partial charge in [-0.25, -0.2) is 9.59 Å². The molecule has 0 bridgehead atoms. The molecule has 6 N–H and O–H groups in total. The van der Waals surface area contributed by atoms with Gasteiger partial charge in [-0.05, 0) is 0 Å². The standard InChI is InChI=1S/C5H9N3O4/c6-2(1-3(7)9)4(10)12-5(8)11/h2H,1,6H2,(H2,7,9)(H2,8,11)/t2-/m0/s1. The molecule has 68 valence electrons. The van der Waals surface area contributed by atoms with Gasteiger partial charge in [-0.2, -0.15) is 0 Å². The van der Waals surface area contributed by atoms with Crippen molar-refractivity contribution in [2.24, 2.45) is 17.2 Å². The van der Waals surface area contributed by atoms with Crippen molar-refractivity contribution >= 4 is 18.0 Å². The van der Waals surface area contributed by atoms with E-state index in [0.717, 1.165) is 0 Å². The summed E-state index contributed by atoms with van der Waals surface area (Å²) in [7, 11) is 0. The Bertz CT molecular complexity index is 215. The molecule has 0 fully saturated rings. The van der Waals surface area contributed by atoms with Crippen LogP contribution in [0.3, 0.4) is 0 Å². The third-order valence-corrected chi connectivity index (χ3v) is 0.925. The molecule has 0 aliphatic heterocycles. The Morgan fingerprint density at radius 2 is 1.75 bits per heavy atom. The molecule has 0 spiro atoms. The van der Waals surface area contributed by atoms with Crippen LogP contribution < -0.4 is 17.2 Å². The third kappa shape index (κ3) is 4.23. The lowest BCUT2D eigenvalue weighted by Gasteiger charge is -2.05. The van der Waals surface area contributed by atoms with Crippen molar-refractivity contribution in [1.29, 1.82) is 0 Å². The Hall–Kier alpha value is -1.63. The van der Waals surface area contributed by atoms with Crippen LogP contribution in [0.25, 0.3) is 0 Å². The molecular formula is C5H9N3O4. The fourth-order valence-corrected chi connectivity index (χ4v) is 0.475. The summed E-state index contributed by atoms with van der Waals surface area (Å²) in [5.41, 5.74) is 14.3. The van der Waals surface area contributed by atoms with Crippen LogP contribution in [0.1, 0.15) is 6.42 Å². The van der Waals surface area contributed by atoms with Crippen LogP contribution in [0.15, 0.2) is 0 Å². The quantitative estimate of drug-likeness (QED) is 0.330. The topological polar surface area (TPSA) is 138 Å². The summed E-state index contributed by atoms with van der Waals surface area (Å²) in [6.07, 6.45) is -1.65. The van der Waals surface area contributed by atoms with Crippen molar-refractivity contribution in [2.75, 3.05) is 0 Å². The lowest BCUT2D eigenvalue weighted by molar-refractivity contribution is -0.140. The molecule has 2 amide bonds. The minimum absolute atomic E-state index is 0.383. The molecule has 0 aromatic carbocycles. The summed E-state index contributed by atoms with van der Waals surface area (Å²) < 4.78 is 3.88. The van der Waals surface area contributed by atoms with Crippen molar-refractivity contribution in [3.05, 3.63) is 0 Å². The molecule has 0 unspecified atom stereocenters. The van der Waals surface area contributed by atoms with Gasteiger partial charge in [0.25, 0.3) is 0 Å². The van der Waals surface area contributed by atoms with Gasteiger partial charge in [0.2, 0.25) is 5.91 Å². The highest BCUT2D eigenvalue weighted by Gasteiger charge is 2.19. The molecule has 0 rings (SSSR count). The largest absolute Gasteiger partial charge is 0.412 e. The van der Waals surface area contributed by atoms with E-state index in [9.17, 15) is 14.4 Å². The summed E-state index contributed by atoms with van der Waals surface area (Å²) in [4.78, 5) is 30.9. The first-order valence-electron chi connectivity index (χ1n) is 2.98. The Labute approximate surface area is 67.8 Å². The van der Waals surface area contributed by atoms with Gasteiger partial charge in [0.15, 0.2) is 0 Å². The molecule has 0 radical (unpaired) electrons. The molecule has 0 saturated heterocycles. The van der Waals surface area contributed by atoms with Gasteiger partial charge in [-0.1, -0.05) is 0 Å². The van der Waals surface area contributed by atoms with Crippen molar-refractivity contribution in [1.82, 2.24) is 0 Å². The second kappa shape index (κ2) is 4.29. The van der Waals surface area contributed by atoms with Crippen molar-refractivity contribution in [3.63, 3.8) is 0 Å². The van der Waals surface area contributed by atoms with E-state index in [1.165, 1.54) is 0 Å². The van der Waals surface area contributed by atoms with Crippen LogP contribution in [0, 0.1) is 0 Å². The Kier molecular flexibility index (Phi) is 3.71. The number of hydrogen-bond acceptors (Lipinski definition) is 5. The van der Waals surface area contributed by atoms with Crippen molar-refractivity contribution < 1.29 is 19.1 Å². The second-order valence-corrected chi connectivity index (χ2v) is 2.02. The summed E-state index contributed by atoms with van der Waals surface area (Å²) in [5, 5.41) is 0. The average molecular weight is 175 g/mol. The van der Waals surface area contributed by atoms with Gasteiger partial charge in [0, 0.05) is 0 Å². The Morgan fingerprint density at radius 1 is 1.25 bits per heavy atom. The molecule has 7 nitrogen and oxygen atoms in total. The SMILES string of the molecule is NC(=O)C[C@H](N)C(=O)OC(N)=O. The molecule has 1 atom stereocenters. The molecule has 0 aromatic rings. The van der Waals surface area contributed by atoms with Crippen LogP contribution in [-0.2, 0) is 14.3 Å². The smallest absolute Gasteiger partial charge is 0.375 e. The monoisotopic (exact) mass is 175 g/mol. The number of hydrogen-bond donors (Lipinski definition) is 3. The van der Waals surface area contributed by atoms with E-state index in [1.54, 1.807) is 0 Å². The number of carbonyl (C=O) groups excluding carboxylic acids is 3. The summed E-state index contributed by atoms with van der Waals surface area (Å²) in [6, 6.07) is -1.24. The summed E-state index contributed by atoms with van der Waals surface area (Å²) in [5.74, 6) is -1.83. The molecule has 0 heterocycles. The third-order valence-electron chi connectivity index (χ3n) is 0.925. The van der Waals surface area contributed by atoms with Crippen LogP contribution in [0.2, 0.25) is 0 Å². The van der Waals surface area contributed by atoms with E-state index in [-0.39, 0.29) is 6.42 Å². The highest BCUT2D eigenvalue weighted by molar-refractivity contribution is 5.90. The lowest BCUT2D eigenvalue weighted by atomic mass is 10.2. The van der Waals surface area contributed by atoms with Gasteiger partial charge in [-0.3, -0.25) is 4.79 Å². The first kappa shape index (κ1) is 10.4. The molecule has 0 aromatic heterocycles. The van der Waals surface area contributed by atoms with E-state index in [0.29, 0.717) is 0 Å². The number of esters is 1. The highest BCUT2D eigenvalue weighted by Crippen LogP contribution is 1.90.